The Morgan fingerprint density at radius 2 is 1.77 bits per heavy atom. The summed E-state index contributed by atoms with van der Waals surface area (Å²) in [6.45, 7) is 2.93. The molecule has 0 unspecified atom stereocenters. The van der Waals surface area contributed by atoms with Gasteiger partial charge >= 0.3 is 0 Å². The van der Waals surface area contributed by atoms with Crippen LogP contribution in [0, 0.1) is 0 Å². The summed E-state index contributed by atoms with van der Waals surface area (Å²) in [5.41, 5.74) is 3.09. The maximum absolute atomic E-state index is 12.6. The van der Waals surface area contributed by atoms with Crippen LogP contribution in [0.2, 0.25) is 0 Å². The van der Waals surface area contributed by atoms with Gasteiger partial charge in [-0.05, 0) is 29.7 Å². The maximum Gasteiger partial charge on any atom is 0.247 e. The Balaban J connectivity index is 1.38. The SMILES string of the molecule is CC[C@H]1C(=O)NCCN1C(=O)CCc1nnc(-c2ccc(-c3ccccc3)cc2)o1. The van der Waals surface area contributed by atoms with Crippen LogP contribution in [-0.4, -0.2) is 46.0 Å². The van der Waals surface area contributed by atoms with Crippen LogP contribution in [0.4, 0.5) is 0 Å². The second-order valence-electron chi connectivity index (χ2n) is 7.25. The summed E-state index contributed by atoms with van der Waals surface area (Å²) in [5.74, 6) is 0.695. The molecule has 0 aliphatic carbocycles. The first-order valence-electron chi connectivity index (χ1n) is 10.2. The predicted octanol–water partition coefficient (Wildman–Crippen LogP) is 3.07. The lowest BCUT2D eigenvalue weighted by Gasteiger charge is -2.34. The summed E-state index contributed by atoms with van der Waals surface area (Å²) in [4.78, 5) is 26.2. The number of nitrogens with zero attached hydrogens (tertiary/aromatic N) is 3. The van der Waals surface area contributed by atoms with Crippen LogP contribution in [0.1, 0.15) is 25.7 Å². The maximum atomic E-state index is 12.6. The third-order valence-electron chi connectivity index (χ3n) is 5.30. The molecule has 2 amide bonds. The molecular formula is C23H24N4O3. The number of nitrogens with one attached hydrogen (secondary N) is 1. The van der Waals surface area contributed by atoms with Gasteiger partial charge in [-0.3, -0.25) is 9.59 Å². The molecule has 7 heteroatoms. The molecule has 1 aliphatic heterocycles. The molecule has 4 rings (SSSR count). The monoisotopic (exact) mass is 404 g/mol. The van der Waals surface area contributed by atoms with E-state index in [4.69, 9.17) is 4.42 Å². The molecular weight excluding hydrogens is 380 g/mol. The Bertz CT molecular complexity index is 1010. The number of aromatic nitrogens is 2. The summed E-state index contributed by atoms with van der Waals surface area (Å²) in [7, 11) is 0. The van der Waals surface area contributed by atoms with Gasteiger partial charge in [-0.1, -0.05) is 49.4 Å². The normalized spacial score (nSPS) is 16.4. The fraction of sp³-hybridized carbons (Fsp3) is 0.304. The Hall–Kier alpha value is -3.48. The van der Waals surface area contributed by atoms with Crippen molar-refractivity contribution in [3.63, 3.8) is 0 Å². The predicted molar refractivity (Wildman–Crippen MR) is 112 cm³/mol. The van der Waals surface area contributed by atoms with E-state index >= 15 is 0 Å². The zero-order valence-electron chi connectivity index (χ0n) is 16.9. The van der Waals surface area contributed by atoms with Gasteiger partial charge in [-0.15, -0.1) is 10.2 Å². The molecule has 1 atom stereocenters. The van der Waals surface area contributed by atoms with Crippen molar-refractivity contribution in [3.8, 4) is 22.6 Å². The fourth-order valence-corrected chi connectivity index (χ4v) is 3.68. The molecule has 1 saturated heterocycles. The number of rotatable bonds is 6. The molecule has 1 aliphatic rings. The molecule has 1 fully saturated rings. The molecule has 7 nitrogen and oxygen atoms in total. The van der Waals surface area contributed by atoms with Crippen molar-refractivity contribution in [1.82, 2.24) is 20.4 Å². The van der Waals surface area contributed by atoms with Crippen LogP contribution in [-0.2, 0) is 16.0 Å². The van der Waals surface area contributed by atoms with E-state index in [9.17, 15) is 9.59 Å². The fourth-order valence-electron chi connectivity index (χ4n) is 3.68. The second-order valence-corrected chi connectivity index (χ2v) is 7.25. The zero-order chi connectivity index (χ0) is 20.9. The van der Waals surface area contributed by atoms with Crippen LogP contribution in [0.25, 0.3) is 22.6 Å². The van der Waals surface area contributed by atoms with Gasteiger partial charge in [0.2, 0.25) is 23.6 Å². The van der Waals surface area contributed by atoms with Gasteiger partial charge in [0.15, 0.2) is 0 Å². The largest absolute Gasteiger partial charge is 0.421 e. The molecule has 1 N–H and O–H groups in total. The van der Waals surface area contributed by atoms with Crippen LogP contribution in [0.5, 0.6) is 0 Å². The summed E-state index contributed by atoms with van der Waals surface area (Å²) < 4.78 is 5.76. The Morgan fingerprint density at radius 1 is 1.07 bits per heavy atom. The topological polar surface area (TPSA) is 88.3 Å². The van der Waals surface area contributed by atoms with Crippen molar-refractivity contribution in [1.29, 1.82) is 0 Å². The molecule has 3 aromatic rings. The number of benzene rings is 2. The van der Waals surface area contributed by atoms with E-state index in [1.165, 1.54) is 0 Å². The lowest BCUT2D eigenvalue weighted by molar-refractivity contribution is -0.143. The number of hydrogen-bond acceptors (Lipinski definition) is 5. The van der Waals surface area contributed by atoms with E-state index in [-0.39, 0.29) is 18.2 Å². The zero-order valence-corrected chi connectivity index (χ0v) is 16.9. The minimum atomic E-state index is -0.396. The summed E-state index contributed by atoms with van der Waals surface area (Å²) in [6, 6.07) is 17.7. The van der Waals surface area contributed by atoms with E-state index in [2.05, 4.69) is 27.6 Å². The van der Waals surface area contributed by atoms with Gasteiger partial charge in [-0.2, -0.15) is 0 Å². The summed E-state index contributed by atoms with van der Waals surface area (Å²) in [6.07, 6.45) is 1.18. The van der Waals surface area contributed by atoms with Crippen molar-refractivity contribution in [2.75, 3.05) is 13.1 Å². The van der Waals surface area contributed by atoms with Gasteiger partial charge in [0.05, 0.1) is 0 Å². The lowest BCUT2D eigenvalue weighted by Crippen LogP contribution is -2.56. The third-order valence-corrected chi connectivity index (χ3v) is 5.30. The number of amides is 2. The van der Waals surface area contributed by atoms with Gasteiger partial charge < -0.3 is 14.6 Å². The van der Waals surface area contributed by atoms with Crippen molar-refractivity contribution >= 4 is 11.8 Å². The van der Waals surface area contributed by atoms with Crippen molar-refractivity contribution < 1.29 is 14.0 Å². The average Bonchev–Trinajstić information content (AvgIpc) is 3.27. The van der Waals surface area contributed by atoms with E-state index in [1.54, 1.807) is 4.90 Å². The summed E-state index contributed by atoms with van der Waals surface area (Å²) in [5, 5.41) is 11.0. The van der Waals surface area contributed by atoms with Crippen LogP contribution in [0.15, 0.2) is 59.0 Å². The molecule has 2 heterocycles. The Kier molecular flexibility index (Phi) is 5.88. The number of hydrogen-bond donors (Lipinski definition) is 1. The first-order valence-corrected chi connectivity index (χ1v) is 10.2. The van der Waals surface area contributed by atoms with E-state index in [1.807, 2.05) is 49.4 Å². The van der Waals surface area contributed by atoms with Gasteiger partial charge in [-0.25, -0.2) is 0 Å². The number of piperazine rings is 1. The van der Waals surface area contributed by atoms with Crippen molar-refractivity contribution in [2.45, 2.75) is 32.2 Å². The van der Waals surface area contributed by atoms with E-state index in [0.717, 1.165) is 16.7 Å². The first kappa shape index (κ1) is 19.8. The van der Waals surface area contributed by atoms with Crippen LogP contribution in [0.3, 0.4) is 0 Å². The average molecular weight is 404 g/mol. The highest BCUT2D eigenvalue weighted by molar-refractivity contribution is 5.88. The van der Waals surface area contributed by atoms with Crippen molar-refractivity contribution in [3.05, 3.63) is 60.5 Å². The number of aryl methyl sites for hydroxylation is 1. The molecule has 0 spiro atoms. The minimum Gasteiger partial charge on any atom is -0.421 e. The van der Waals surface area contributed by atoms with Crippen molar-refractivity contribution in [2.24, 2.45) is 0 Å². The number of carbonyl (C=O) groups excluding carboxylic acids is 2. The molecule has 0 radical (unpaired) electrons. The molecule has 154 valence electrons. The Labute approximate surface area is 175 Å². The molecule has 2 aromatic carbocycles. The third kappa shape index (κ3) is 4.25. The second kappa shape index (κ2) is 8.90. The molecule has 30 heavy (non-hydrogen) atoms. The van der Waals surface area contributed by atoms with Gasteiger partial charge in [0.1, 0.15) is 6.04 Å². The van der Waals surface area contributed by atoms with Crippen LogP contribution < -0.4 is 5.32 Å². The highest BCUT2D eigenvalue weighted by atomic mass is 16.4. The van der Waals surface area contributed by atoms with Gasteiger partial charge in [0.25, 0.3) is 0 Å². The van der Waals surface area contributed by atoms with Gasteiger partial charge in [0, 0.05) is 31.5 Å². The highest BCUT2D eigenvalue weighted by Gasteiger charge is 2.31. The van der Waals surface area contributed by atoms with Crippen LogP contribution >= 0.6 is 0 Å². The molecule has 1 aromatic heterocycles. The van der Waals surface area contributed by atoms with E-state index < -0.39 is 6.04 Å². The smallest absolute Gasteiger partial charge is 0.247 e. The Morgan fingerprint density at radius 3 is 2.50 bits per heavy atom. The molecule has 0 bridgehead atoms. The lowest BCUT2D eigenvalue weighted by atomic mass is 10.0. The standard InChI is InChI=1S/C23H24N4O3/c1-2-19-22(29)24-14-15-27(19)21(28)13-12-20-25-26-23(30-20)18-10-8-17(9-11-18)16-6-4-3-5-7-16/h3-11,19H,2,12-15H2,1H3,(H,24,29)/t19-/m0/s1. The summed E-state index contributed by atoms with van der Waals surface area (Å²) >= 11 is 0. The quantitative estimate of drug-likeness (QED) is 0.682. The first-order chi connectivity index (χ1) is 14.7. The number of carbonyl (C=O) groups is 2. The minimum absolute atomic E-state index is 0.0661. The molecule has 0 saturated carbocycles. The van der Waals surface area contributed by atoms with E-state index in [0.29, 0.717) is 37.7 Å². The highest BCUT2D eigenvalue weighted by Crippen LogP contribution is 2.24.